The number of sulfone groups is 1. The zero-order chi connectivity index (χ0) is 17.4. The summed E-state index contributed by atoms with van der Waals surface area (Å²) in [6, 6.07) is 0. The summed E-state index contributed by atoms with van der Waals surface area (Å²) in [7, 11) is -12.8. The molecular weight excluding hydrogens is 376 g/mol. The fourth-order valence-electron chi connectivity index (χ4n) is 1.29. The van der Waals surface area contributed by atoms with Gasteiger partial charge in [-0.15, -0.1) is 0 Å². The average Bonchev–Trinajstić information content (AvgIpc) is 2.27. The molecule has 0 aliphatic carbocycles. The Balaban J connectivity index is 4.04. The normalized spacial score (nSPS) is 13.6. The van der Waals surface area contributed by atoms with Crippen molar-refractivity contribution >= 4 is 39.5 Å². The Morgan fingerprint density at radius 3 is 1.86 bits per heavy atom. The highest BCUT2D eigenvalue weighted by Gasteiger charge is 2.25. The van der Waals surface area contributed by atoms with Crippen LogP contribution in [0.2, 0.25) is 19.6 Å². The van der Waals surface area contributed by atoms with Crippen LogP contribution in [0.4, 0.5) is 0 Å². The van der Waals surface area contributed by atoms with Crippen molar-refractivity contribution in [1.82, 2.24) is 0 Å². The third-order valence-electron chi connectivity index (χ3n) is 1.98. The molecule has 0 aromatic rings. The number of hydrogen-bond acceptors (Lipinski definition) is 9. The summed E-state index contributed by atoms with van der Waals surface area (Å²) in [5.74, 6) is -0.507. The molecule has 0 radical (unpaired) electrons. The molecule has 0 N–H and O–H groups in total. The summed E-state index contributed by atoms with van der Waals surface area (Å²) in [6.07, 6.45) is 0.0385. The summed E-state index contributed by atoms with van der Waals surface area (Å²) in [5.41, 5.74) is 0. The van der Waals surface area contributed by atoms with E-state index in [9.17, 15) is 25.3 Å². The predicted molar refractivity (Wildman–Crippen MR) is 83.5 cm³/mol. The first-order valence-corrected chi connectivity index (χ1v) is 14.1. The lowest BCUT2D eigenvalue weighted by atomic mass is 10.5. The van der Waals surface area contributed by atoms with E-state index in [2.05, 4.69) is 8.37 Å². The Labute approximate surface area is 134 Å². The predicted octanol–water partition coefficient (Wildman–Crippen LogP) is -0.163. The van der Waals surface area contributed by atoms with E-state index in [4.69, 9.17) is 3.87 Å². The maximum Gasteiger partial charge on any atom is 0.390 e. The summed E-state index contributed by atoms with van der Waals surface area (Å²) in [5, 5.41) is 0. The molecule has 9 nitrogen and oxygen atoms in total. The van der Waals surface area contributed by atoms with Gasteiger partial charge in [-0.05, 0) is 32.5 Å². The highest BCUT2D eigenvalue weighted by molar-refractivity contribution is 7.91. The van der Waals surface area contributed by atoms with Crippen LogP contribution in [0.3, 0.4) is 0 Å². The molecule has 0 bridgehead atoms. The molecule has 0 saturated carbocycles. The van der Waals surface area contributed by atoms with Crippen LogP contribution >= 0.6 is 0 Å². The van der Waals surface area contributed by atoms with Gasteiger partial charge in [-0.25, -0.2) is 21.0 Å². The summed E-state index contributed by atoms with van der Waals surface area (Å²) in [6.45, 7) is 4.53. The van der Waals surface area contributed by atoms with E-state index in [0.29, 0.717) is 0 Å². The van der Waals surface area contributed by atoms with Crippen LogP contribution in [-0.2, 0) is 43.5 Å². The third-order valence-corrected chi connectivity index (χ3v) is 7.46. The Bertz CT molecular complexity index is 593. The van der Waals surface area contributed by atoms with E-state index >= 15 is 0 Å². The van der Waals surface area contributed by atoms with Gasteiger partial charge in [-0.2, -0.15) is 8.42 Å². The van der Waals surface area contributed by atoms with Crippen LogP contribution in [0.1, 0.15) is 12.8 Å². The van der Waals surface area contributed by atoms with Gasteiger partial charge >= 0.3 is 10.4 Å². The quantitative estimate of drug-likeness (QED) is 0.270. The molecule has 0 saturated heterocycles. The average molecular weight is 399 g/mol. The van der Waals surface area contributed by atoms with Gasteiger partial charge in [-0.3, -0.25) is 8.06 Å². The number of thiol groups is 1. The molecule has 0 aromatic heterocycles. The van der Waals surface area contributed by atoms with E-state index in [1.54, 1.807) is 19.6 Å². The first-order chi connectivity index (χ1) is 9.83. The van der Waals surface area contributed by atoms with Crippen molar-refractivity contribution in [2.24, 2.45) is 0 Å². The van der Waals surface area contributed by atoms with E-state index < -0.39 is 39.5 Å². The van der Waals surface area contributed by atoms with Gasteiger partial charge in [0.05, 0.1) is 24.7 Å². The van der Waals surface area contributed by atoms with E-state index in [1.807, 2.05) is 0 Å². The zero-order valence-corrected chi connectivity index (χ0v) is 16.2. The summed E-state index contributed by atoms with van der Waals surface area (Å²) in [4.78, 5) is 0. The SMILES string of the molecule is C[Si](C)(C)OS(=O)(=O)OCCCS(=O)(=O)CCCO[SH](=O)=O. The molecule has 22 heavy (non-hydrogen) atoms. The topological polar surface area (TPSA) is 130 Å². The lowest BCUT2D eigenvalue weighted by Crippen LogP contribution is -2.30. The van der Waals surface area contributed by atoms with Crippen LogP contribution in [-0.4, -0.2) is 58.3 Å². The van der Waals surface area contributed by atoms with Crippen molar-refractivity contribution in [3.63, 3.8) is 0 Å². The van der Waals surface area contributed by atoms with Crippen LogP contribution in [0.5, 0.6) is 0 Å². The van der Waals surface area contributed by atoms with Crippen molar-refractivity contribution in [2.75, 3.05) is 24.7 Å². The molecule has 0 aliphatic rings. The maximum absolute atomic E-state index is 11.6. The fraction of sp³-hybridized carbons (Fsp3) is 1.00. The Hall–Kier alpha value is -0.0531. The lowest BCUT2D eigenvalue weighted by Gasteiger charge is -2.16. The van der Waals surface area contributed by atoms with Gasteiger partial charge in [0.2, 0.25) is 8.32 Å². The second-order valence-corrected chi connectivity index (χ2v) is 14.3. The van der Waals surface area contributed by atoms with Gasteiger partial charge in [0.1, 0.15) is 9.84 Å². The fourth-order valence-corrected chi connectivity index (χ4v) is 5.85. The van der Waals surface area contributed by atoms with Crippen molar-refractivity contribution in [3.8, 4) is 0 Å². The summed E-state index contributed by atoms with van der Waals surface area (Å²) < 4.78 is 79.9. The molecule has 0 rings (SSSR count). The van der Waals surface area contributed by atoms with E-state index in [1.165, 1.54) is 0 Å². The van der Waals surface area contributed by atoms with Gasteiger partial charge in [0.15, 0.2) is 0 Å². The Morgan fingerprint density at radius 2 is 1.41 bits per heavy atom. The standard InChI is InChI=1S/C9H22O9S3Si/c1-22(2,3)18-21(14,15)17-7-5-9-20(12,13)8-4-6-16-19(10)11/h19H,4-9H2,1-3H3. The smallest absolute Gasteiger partial charge is 0.294 e. The first kappa shape index (κ1) is 21.9. The highest BCUT2D eigenvalue weighted by atomic mass is 32.3. The van der Waals surface area contributed by atoms with Gasteiger partial charge < -0.3 is 0 Å². The molecule has 0 unspecified atom stereocenters. The van der Waals surface area contributed by atoms with Crippen LogP contribution in [0.25, 0.3) is 0 Å². The van der Waals surface area contributed by atoms with Gasteiger partial charge in [0.25, 0.3) is 11.0 Å². The maximum atomic E-state index is 11.6. The molecule has 134 valence electrons. The minimum absolute atomic E-state index is 0.00665. The van der Waals surface area contributed by atoms with Crippen LogP contribution < -0.4 is 0 Å². The highest BCUT2D eigenvalue weighted by Crippen LogP contribution is 2.10. The zero-order valence-electron chi connectivity index (χ0n) is 12.7. The monoisotopic (exact) mass is 398 g/mol. The Kier molecular flexibility index (Phi) is 9.27. The third kappa shape index (κ3) is 13.6. The van der Waals surface area contributed by atoms with Crippen molar-refractivity contribution in [3.05, 3.63) is 0 Å². The van der Waals surface area contributed by atoms with E-state index in [0.717, 1.165) is 0 Å². The molecule has 13 heteroatoms. The number of hydrogen-bond donors (Lipinski definition) is 1. The minimum atomic E-state index is -4.11. The molecular formula is C9H22O9S3Si. The molecule has 0 aromatic carbocycles. The minimum Gasteiger partial charge on any atom is -0.294 e. The number of rotatable bonds is 12. The van der Waals surface area contributed by atoms with Crippen molar-refractivity contribution in [2.45, 2.75) is 32.5 Å². The van der Waals surface area contributed by atoms with Crippen LogP contribution in [0.15, 0.2) is 0 Å². The van der Waals surface area contributed by atoms with Gasteiger partial charge in [0, 0.05) is 0 Å². The van der Waals surface area contributed by atoms with E-state index in [-0.39, 0.29) is 37.6 Å². The van der Waals surface area contributed by atoms with Crippen LogP contribution in [0, 0.1) is 0 Å². The molecule has 0 spiro atoms. The summed E-state index contributed by atoms with van der Waals surface area (Å²) >= 11 is 0. The molecule has 0 fully saturated rings. The van der Waals surface area contributed by atoms with Crippen molar-refractivity contribution < 1.29 is 37.5 Å². The Morgan fingerprint density at radius 1 is 0.909 bits per heavy atom. The van der Waals surface area contributed by atoms with Crippen molar-refractivity contribution in [1.29, 1.82) is 0 Å². The molecule has 0 atom stereocenters. The molecule has 0 heterocycles. The first-order valence-electron chi connectivity index (χ1n) is 6.41. The molecule has 0 aliphatic heterocycles. The lowest BCUT2D eigenvalue weighted by molar-refractivity contribution is 0.272. The molecule has 0 amide bonds. The largest absolute Gasteiger partial charge is 0.390 e. The second kappa shape index (κ2) is 9.29. The van der Waals surface area contributed by atoms with Gasteiger partial charge in [-0.1, -0.05) is 0 Å². The second-order valence-electron chi connectivity index (χ2n) is 5.34.